The summed E-state index contributed by atoms with van der Waals surface area (Å²) in [6.45, 7) is 5.61. The molecule has 0 N–H and O–H groups in total. The van der Waals surface area contributed by atoms with Gasteiger partial charge in [-0.2, -0.15) is 0 Å². The van der Waals surface area contributed by atoms with Crippen LogP contribution in [0, 0.1) is 16.0 Å². The molecule has 0 aliphatic rings. The largest absolute Gasteiger partial charge is 0.311 e. The lowest BCUT2D eigenvalue weighted by atomic mass is 10.0. The molecule has 0 rings (SSSR count). The van der Waals surface area contributed by atoms with Crippen molar-refractivity contribution >= 4 is 0 Å². The van der Waals surface area contributed by atoms with Gasteiger partial charge in [-0.25, -0.2) is 0 Å². The SMILES string of the molecule is CCC(C)C(C)O[N+](=O)[O-]. The van der Waals surface area contributed by atoms with Crippen molar-refractivity contribution in [1.29, 1.82) is 0 Å². The van der Waals surface area contributed by atoms with Gasteiger partial charge < -0.3 is 4.84 Å². The van der Waals surface area contributed by atoms with Gasteiger partial charge in [-0.3, -0.25) is 0 Å². The molecule has 0 aliphatic carbocycles. The zero-order valence-corrected chi connectivity index (χ0v) is 6.53. The van der Waals surface area contributed by atoms with Crippen LogP contribution in [0.15, 0.2) is 0 Å². The highest BCUT2D eigenvalue weighted by molar-refractivity contribution is 4.55. The number of rotatable bonds is 4. The molecule has 4 nitrogen and oxygen atoms in total. The third-order valence-electron chi connectivity index (χ3n) is 1.70. The minimum atomic E-state index is -0.739. The Balaban J connectivity index is 3.61. The van der Waals surface area contributed by atoms with Crippen LogP contribution in [-0.4, -0.2) is 11.2 Å². The van der Waals surface area contributed by atoms with Gasteiger partial charge >= 0.3 is 0 Å². The Hall–Kier alpha value is -0.800. The first-order chi connectivity index (χ1) is 4.57. The Morgan fingerprint density at radius 3 is 2.40 bits per heavy atom. The maximum atomic E-state index is 9.81. The van der Waals surface area contributed by atoms with Crippen molar-refractivity contribution in [3.63, 3.8) is 0 Å². The van der Waals surface area contributed by atoms with Crippen molar-refractivity contribution in [2.24, 2.45) is 5.92 Å². The summed E-state index contributed by atoms with van der Waals surface area (Å²) in [5.74, 6) is 0.241. The quantitative estimate of drug-likeness (QED) is 0.448. The molecular weight excluding hydrogens is 134 g/mol. The number of nitrogens with zero attached hydrogens (tertiary/aromatic N) is 1. The Bertz CT molecular complexity index is 116. The Morgan fingerprint density at radius 1 is 1.60 bits per heavy atom. The Kier molecular flexibility index (Phi) is 3.76. The molecule has 10 heavy (non-hydrogen) atoms. The van der Waals surface area contributed by atoms with Crippen LogP contribution in [0.4, 0.5) is 0 Å². The zero-order chi connectivity index (χ0) is 8.15. The summed E-state index contributed by atoms with van der Waals surface area (Å²) in [6, 6.07) is 0. The standard InChI is InChI=1S/C6H13NO3/c1-4-5(2)6(3)10-7(8)9/h5-6H,4H2,1-3H3. The fraction of sp³-hybridized carbons (Fsp3) is 1.00. The summed E-state index contributed by atoms with van der Waals surface area (Å²) in [7, 11) is 0. The molecule has 0 heterocycles. The van der Waals surface area contributed by atoms with E-state index in [9.17, 15) is 10.1 Å². The van der Waals surface area contributed by atoms with Crippen LogP contribution in [0.3, 0.4) is 0 Å². The predicted molar refractivity (Wildman–Crippen MR) is 37.0 cm³/mol. The normalized spacial score (nSPS) is 15.9. The molecule has 60 valence electrons. The molecule has 0 bridgehead atoms. The molecule has 0 saturated carbocycles. The van der Waals surface area contributed by atoms with Gasteiger partial charge in [0.05, 0.1) is 0 Å². The molecule has 0 amide bonds. The van der Waals surface area contributed by atoms with Crippen LogP contribution in [0.25, 0.3) is 0 Å². The highest BCUT2D eigenvalue weighted by Gasteiger charge is 2.13. The first-order valence-electron chi connectivity index (χ1n) is 3.39. The molecule has 0 aromatic carbocycles. The Morgan fingerprint density at radius 2 is 2.10 bits per heavy atom. The third kappa shape index (κ3) is 3.27. The number of hydrogen-bond acceptors (Lipinski definition) is 3. The van der Waals surface area contributed by atoms with E-state index in [0.717, 1.165) is 6.42 Å². The summed E-state index contributed by atoms with van der Waals surface area (Å²) in [4.78, 5) is 14.1. The molecular formula is C6H13NO3. The van der Waals surface area contributed by atoms with Crippen molar-refractivity contribution in [3.8, 4) is 0 Å². The lowest BCUT2D eigenvalue weighted by Gasteiger charge is -2.14. The Labute approximate surface area is 60.3 Å². The molecule has 0 aromatic heterocycles. The third-order valence-corrected chi connectivity index (χ3v) is 1.70. The van der Waals surface area contributed by atoms with Crippen molar-refractivity contribution < 1.29 is 9.92 Å². The lowest BCUT2D eigenvalue weighted by molar-refractivity contribution is -0.769. The lowest BCUT2D eigenvalue weighted by Crippen LogP contribution is -2.20. The highest BCUT2D eigenvalue weighted by Crippen LogP contribution is 2.09. The van der Waals surface area contributed by atoms with E-state index >= 15 is 0 Å². The molecule has 0 aromatic rings. The van der Waals surface area contributed by atoms with Crippen molar-refractivity contribution in [3.05, 3.63) is 10.1 Å². The fourth-order valence-electron chi connectivity index (χ4n) is 0.572. The van der Waals surface area contributed by atoms with Gasteiger partial charge in [-0.05, 0) is 12.8 Å². The zero-order valence-electron chi connectivity index (χ0n) is 6.53. The summed E-state index contributed by atoms with van der Waals surface area (Å²) in [6.07, 6.45) is 0.606. The average Bonchev–Trinajstić information content (AvgIpc) is 1.85. The van der Waals surface area contributed by atoms with Crippen LogP contribution in [0.5, 0.6) is 0 Å². The highest BCUT2D eigenvalue weighted by atomic mass is 17.0. The average molecular weight is 147 g/mol. The molecule has 0 saturated heterocycles. The van der Waals surface area contributed by atoms with E-state index in [4.69, 9.17) is 0 Å². The van der Waals surface area contributed by atoms with Crippen molar-refractivity contribution in [2.75, 3.05) is 0 Å². The minimum absolute atomic E-state index is 0.241. The summed E-state index contributed by atoms with van der Waals surface area (Å²) >= 11 is 0. The van der Waals surface area contributed by atoms with E-state index in [1.54, 1.807) is 6.92 Å². The van der Waals surface area contributed by atoms with E-state index in [-0.39, 0.29) is 12.0 Å². The second kappa shape index (κ2) is 4.09. The molecule has 0 radical (unpaired) electrons. The van der Waals surface area contributed by atoms with Gasteiger partial charge in [-0.1, -0.05) is 20.3 Å². The van der Waals surface area contributed by atoms with Crippen molar-refractivity contribution in [2.45, 2.75) is 33.3 Å². The predicted octanol–water partition coefficient (Wildman–Crippen LogP) is 1.63. The van der Waals surface area contributed by atoms with Crippen LogP contribution in [-0.2, 0) is 4.84 Å². The molecule has 2 unspecified atom stereocenters. The molecule has 0 fully saturated rings. The maximum Gasteiger partial charge on any atom is 0.294 e. The molecule has 0 spiro atoms. The van der Waals surface area contributed by atoms with Crippen LogP contribution < -0.4 is 0 Å². The van der Waals surface area contributed by atoms with Gasteiger partial charge in [-0.15, -0.1) is 10.1 Å². The molecule has 0 aliphatic heterocycles. The topological polar surface area (TPSA) is 52.4 Å². The van der Waals surface area contributed by atoms with Crippen LogP contribution in [0.2, 0.25) is 0 Å². The van der Waals surface area contributed by atoms with Gasteiger partial charge in [0.15, 0.2) is 0 Å². The molecule has 2 atom stereocenters. The first kappa shape index (κ1) is 9.20. The van der Waals surface area contributed by atoms with Gasteiger partial charge in [0, 0.05) is 0 Å². The summed E-state index contributed by atoms with van der Waals surface area (Å²) in [5, 5.41) is 9.07. The van der Waals surface area contributed by atoms with Crippen LogP contribution in [0.1, 0.15) is 27.2 Å². The summed E-state index contributed by atoms with van der Waals surface area (Å²) < 4.78 is 0. The van der Waals surface area contributed by atoms with Crippen molar-refractivity contribution in [1.82, 2.24) is 0 Å². The van der Waals surface area contributed by atoms with E-state index in [2.05, 4.69) is 4.84 Å². The second-order valence-corrected chi connectivity index (χ2v) is 2.42. The number of hydrogen-bond donors (Lipinski definition) is 0. The van der Waals surface area contributed by atoms with Gasteiger partial charge in [0.25, 0.3) is 5.09 Å². The maximum absolute atomic E-state index is 9.81. The van der Waals surface area contributed by atoms with Crippen LogP contribution >= 0.6 is 0 Å². The van der Waals surface area contributed by atoms with E-state index in [0.29, 0.717) is 0 Å². The van der Waals surface area contributed by atoms with E-state index in [1.165, 1.54) is 0 Å². The minimum Gasteiger partial charge on any atom is -0.311 e. The molecule has 4 heteroatoms. The monoisotopic (exact) mass is 147 g/mol. The fourth-order valence-corrected chi connectivity index (χ4v) is 0.572. The van der Waals surface area contributed by atoms with E-state index < -0.39 is 5.09 Å². The van der Waals surface area contributed by atoms with Gasteiger partial charge in [0.1, 0.15) is 6.10 Å². The second-order valence-electron chi connectivity index (χ2n) is 2.42. The smallest absolute Gasteiger partial charge is 0.294 e. The van der Waals surface area contributed by atoms with E-state index in [1.807, 2.05) is 13.8 Å². The van der Waals surface area contributed by atoms with Gasteiger partial charge in [0.2, 0.25) is 0 Å². The first-order valence-corrected chi connectivity index (χ1v) is 3.39. The summed E-state index contributed by atoms with van der Waals surface area (Å²) in [5.41, 5.74) is 0.